The standard InChI is InChI=1S/C13H13N3O3S/c1-7-10(13(17)18)12(16-11(15-7)8-2-3-8)20-6-9-4-5-14-19-9/h4-5,8H,2-3,6H2,1H3,(H,17,18). The Balaban J connectivity index is 1.91. The molecular formula is C13H13N3O3S. The highest BCUT2D eigenvalue weighted by molar-refractivity contribution is 7.98. The first-order valence-electron chi connectivity index (χ1n) is 6.29. The van der Waals surface area contributed by atoms with Crippen molar-refractivity contribution in [2.75, 3.05) is 0 Å². The number of carboxylic acids is 1. The van der Waals surface area contributed by atoms with Gasteiger partial charge in [-0.1, -0.05) is 16.9 Å². The second-order valence-corrected chi connectivity index (χ2v) is 5.66. The molecule has 0 unspecified atom stereocenters. The molecule has 6 nitrogen and oxygen atoms in total. The number of carboxylic acid groups (broad SMARTS) is 1. The molecule has 2 aromatic heterocycles. The van der Waals surface area contributed by atoms with Crippen molar-refractivity contribution in [3.63, 3.8) is 0 Å². The Kier molecular flexibility index (Phi) is 3.43. The van der Waals surface area contributed by atoms with E-state index in [1.165, 1.54) is 11.8 Å². The SMILES string of the molecule is Cc1nc(C2CC2)nc(SCc2ccno2)c1C(=O)O. The largest absolute Gasteiger partial charge is 0.478 e. The fourth-order valence-electron chi connectivity index (χ4n) is 1.90. The Labute approximate surface area is 119 Å². The summed E-state index contributed by atoms with van der Waals surface area (Å²) in [6.45, 7) is 1.72. The first-order valence-corrected chi connectivity index (χ1v) is 7.28. The number of thioether (sulfide) groups is 1. The molecule has 2 heterocycles. The Hall–Kier alpha value is -1.89. The average molecular weight is 291 g/mol. The lowest BCUT2D eigenvalue weighted by atomic mass is 10.2. The van der Waals surface area contributed by atoms with E-state index in [1.54, 1.807) is 19.2 Å². The van der Waals surface area contributed by atoms with Gasteiger partial charge in [0.15, 0.2) is 0 Å². The highest BCUT2D eigenvalue weighted by Crippen LogP contribution is 2.39. The van der Waals surface area contributed by atoms with E-state index in [9.17, 15) is 9.90 Å². The maximum Gasteiger partial charge on any atom is 0.340 e. The summed E-state index contributed by atoms with van der Waals surface area (Å²) in [5.74, 6) is 1.34. The summed E-state index contributed by atoms with van der Waals surface area (Å²) in [6, 6.07) is 1.75. The molecule has 0 atom stereocenters. The first kappa shape index (κ1) is 13.1. The summed E-state index contributed by atoms with van der Waals surface area (Å²) < 4.78 is 5.01. The Bertz CT molecular complexity index is 639. The quantitative estimate of drug-likeness (QED) is 0.669. The number of carbonyl (C=O) groups is 1. The van der Waals surface area contributed by atoms with E-state index in [-0.39, 0.29) is 5.56 Å². The predicted molar refractivity (Wildman–Crippen MR) is 71.8 cm³/mol. The van der Waals surface area contributed by atoms with E-state index < -0.39 is 5.97 Å². The first-order chi connectivity index (χ1) is 9.65. The van der Waals surface area contributed by atoms with E-state index in [4.69, 9.17) is 4.52 Å². The molecule has 0 radical (unpaired) electrons. The van der Waals surface area contributed by atoms with Gasteiger partial charge >= 0.3 is 5.97 Å². The number of rotatable bonds is 5. The monoisotopic (exact) mass is 291 g/mol. The summed E-state index contributed by atoms with van der Waals surface area (Å²) in [5.41, 5.74) is 0.702. The molecule has 104 valence electrons. The Morgan fingerprint density at radius 2 is 2.30 bits per heavy atom. The topological polar surface area (TPSA) is 89.1 Å². The average Bonchev–Trinajstić information content (AvgIpc) is 3.12. The molecule has 20 heavy (non-hydrogen) atoms. The predicted octanol–water partition coefficient (Wildman–Crippen LogP) is 2.64. The van der Waals surface area contributed by atoms with Crippen LogP contribution in [0, 0.1) is 6.92 Å². The molecule has 0 spiro atoms. The van der Waals surface area contributed by atoms with Crippen molar-refractivity contribution in [3.8, 4) is 0 Å². The number of hydrogen-bond acceptors (Lipinski definition) is 6. The van der Waals surface area contributed by atoms with Gasteiger partial charge in [0, 0.05) is 12.0 Å². The maximum absolute atomic E-state index is 11.4. The van der Waals surface area contributed by atoms with Crippen molar-refractivity contribution in [1.29, 1.82) is 0 Å². The van der Waals surface area contributed by atoms with E-state index >= 15 is 0 Å². The van der Waals surface area contributed by atoms with Crippen LogP contribution in [0.25, 0.3) is 0 Å². The molecule has 0 aromatic carbocycles. The molecule has 0 bridgehead atoms. The molecule has 3 rings (SSSR count). The third-order valence-corrected chi connectivity index (χ3v) is 4.07. The van der Waals surface area contributed by atoms with Crippen LogP contribution in [0.1, 0.15) is 46.4 Å². The van der Waals surface area contributed by atoms with Gasteiger partial charge in [0.1, 0.15) is 22.2 Å². The Morgan fingerprint density at radius 3 is 2.90 bits per heavy atom. The molecule has 7 heteroatoms. The van der Waals surface area contributed by atoms with Crippen molar-refractivity contribution < 1.29 is 14.4 Å². The van der Waals surface area contributed by atoms with Crippen LogP contribution >= 0.6 is 11.8 Å². The minimum Gasteiger partial charge on any atom is -0.478 e. The molecule has 0 saturated heterocycles. The Morgan fingerprint density at radius 1 is 1.50 bits per heavy atom. The summed E-state index contributed by atoms with van der Waals surface area (Å²) in [6.07, 6.45) is 3.73. The molecule has 1 N–H and O–H groups in total. The third kappa shape index (κ3) is 2.67. The van der Waals surface area contributed by atoms with Crippen LogP contribution in [0.2, 0.25) is 0 Å². The lowest BCUT2D eigenvalue weighted by Crippen LogP contribution is -2.09. The summed E-state index contributed by atoms with van der Waals surface area (Å²) in [7, 11) is 0. The van der Waals surface area contributed by atoms with Crippen molar-refractivity contribution in [1.82, 2.24) is 15.1 Å². The van der Waals surface area contributed by atoms with Crippen molar-refractivity contribution in [2.24, 2.45) is 0 Å². The zero-order valence-electron chi connectivity index (χ0n) is 10.9. The molecule has 1 aliphatic rings. The normalized spacial score (nSPS) is 14.4. The van der Waals surface area contributed by atoms with Gasteiger partial charge in [-0.3, -0.25) is 0 Å². The fourth-order valence-corrected chi connectivity index (χ4v) is 2.86. The zero-order chi connectivity index (χ0) is 14.1. The molecule has 1 fully saturated rings. The van der Waals surface area contributed by atoms with E-state index in [0.717, 1.165) is 18.7 Å². The van der Waals surface area contributed by atoms with Crippen molar-refractivity contribution >= 4 is 17.7 Å². The minimum absolute atomic E-state index is 0.180. The van der Waals surface area contributed by atoms with Crippen LogP contribution in [0.15, 0.2) is 21.8 Å². The van der Waals surface area contributed by atoms with Crippen LogP contribution in [0.4, 0.5) is 0 Å². The third-order valence-electron chi connectivity index (χ3n) is 3.07. The van der Waals surface area contributed by atoms with Gasteiger partial charge in [-0.05, 0) is 19.8 Å². The highest BCUT2D eigenvalue weighted by atomic mass is 32.2. The molecule has 1 aliphatic carbocycles. The lowest BCUT2D eigenvalue weighted by Gasteiger charge is -2.09. The van der Waals surface area contributed by atoms with Crippen molar-refractivity contribution in [2.45, 2.75) is 36.5 Å². The van der Waals surface area contributed by atoms with Crippen molar-refractivity contribution in [3.05, 3.63) is 35.1 Å². The van der Waals surface area contributed by atoms with Crippen LogP contribution < -0.4 is 0 Å². The maximum atomic E-state index is 11.4. The second-order valence-electron chi connectivity index (χ2n) is 4.69. The minimum atomic E-state index is -0.995. The zero-order valence-corrected chi connectivity index (χ0v) is 11.7. The smallest absolute Gasteiger partial charge is 0.340 e. The van der Waals surface area contributed by atoms with Gasteiger partial charge in [0.05, 0.1) is 17.6 Å². The lowest BCUT2D eigenvalue weighted by molar-refractivity contribution is 0.0690. The van der Waals surface area contributed by atoms with Gasteiger partial charge in [0.25, 0.3) is 0 Å². The molecule has 0 aliphatic heterocycles. The number of aromatic nitrogens is 3. The highest BCUT2D eigenvalue weighted by Gasteiger charge is 2.29. The molecule has 0 amide bonds. The van der Waals surface area contributed by atoms with Gasteiger partial charge < -0.3 is 9.63 Å². The molecule has 1 saturated carbocycles. The number of aryl methyl sites for hydroxylation is 1. The van der Waals surface area contributed by atoms with Crippen LogP contribution in [0.5, 0.6) is 0 Å². The van der Waals surface area contributed by atoms with E-state index in [2.05, 4.69) is 15.1 Å². The van der Waals surface area contributed by atoms with Crippen LogP contribution in [0.3, 0.4) is 0 Å². The van der Waals surface area contributed by atoms with Crippen LogP contribution in [-0.2, 0) is 5.75 Å². The molecular weight excluding hydrogens is 278 g/mol. The summed E-state index contributed by atoms with van der Waals surface area (Å²) >= 11 is 1.34. The van der Waals surface area contributed by atoms with E-state index in [1.807, 2.05) is 0 Å². The molecule has 2 aromatic rings. The van der Waals surface area contributed by atoms with E-state index in [0.29, 0.717) is 28.2 Å². The van der Waals surface area contributed by atoms with Crippen LogP contribution in [-0.4, -0.2) is 26.2 Å². The van der Waals surface area contributed by atoms with Gasteiger partial charge in [-0.2, -0.15) is 0 Å². The number of hydrogen-bond donors (Lipinski definition) is 1. The summed E-state index contributed by atoms with van der Waals surface area (Å²) in [5, 5.41) is 13.5. The van der Waals surface area contributed by atoms with Gasteiger partial charge in [-0.15, -0.1) is 0 Å². The second kappa shape index (κ2) is 5.24. The van der Waals surface area contributed by atoms with Gasteiger partial charge in [-0.25, -0.2) is 14.8 Å². The number of aromatic carboxylic acids is 1. The summed E-state index contributed by atoms with van der Waals surface area (Å²) in [4.78, 5) is 20.1. The van der Waals surface area contributed by atoms with Gasteiger partial charge in [0.2, 0.25) is 0 Å². The fraction of sp³-hybridized carbons (Fsp3) is 0.385. The number of nitrogens with zero attached hydrogens (tertiary/aromatic N) is 3.